The summed E-state index contributed by atoms with van der Waals surface area (Å²) in [4.78, 5) is 68.7. The number of nitrogens with one attached hydrogen (secondary N) is 3. The zero-order valence-electron chi connectivity index (χ0n) is 51.6. The van der Waals surface area contributed by atoms with E-state index in [4.69, 9.17) is 76.8 Å². The van der Waals surface area contributed by atoms with Crippen molar-refractivity contribution in [1.29, 1.82) is 0 Å². The Morgan fingerprint density at radius 1 is 0.595 bits per heavy atom. The zero-order chi connectivity index (χ0) is 62.8. The molecule has 0 spiro atoms. The van der Waals surface area contributed by atoms with Crippen molar-refractivity contribution in [3.63, 3.8) is 0 Å². The summed E-state index contributed by atoms with van der Waals surface area (Å²) >= 11 is 24.0. The molecule has 462 valence electrons. The zero-order valence-corrected chi connectivity index (χ0v) is 58.3. The van der Waals surface area contributed by atoms with Gasteiger partial charge in [0.15, 0.2) is 5.78 Å². The van der Waals surface area contributed by atoms with Crippen LogP contribution >= 0.6 is 69.7 Å². The average molecular weight is 1290 g/mol. The van der Waals surface area contributed by atoms with Gasteiger partial charge in [-0.05, 0) is 163 Å². The first-order chi connectivity index (χ1) is 39.0. The number of aromatic nitrogens is 5. The topological polar surface area (TPSA) is 255 Å². The average Bonchev–Trinajstić information content (AvgIpc) is 4.14. The number of aryl methyl sites for hydroxylation is 5. The molecule has 5 heterocycles. The summed E-state index contributed by atoms with van der Waals surface area (Å²) in [5, 5.41) is 23.2. The number of Topliss-reactive ketones (excluding diaryl/α,β-unsaturated/α-hetero) is 1. The number of carbonyl (C=O) groups is 4. The first-order valence-corrected chi connectivity index (χ1v) is 30.7. The van der Waals surface area contributed by atoms with E-state index in [-0.39, 0.29) is 65.2 Å². The number of amides is 3. The largest absolute Gasteiger partial charge is 1.00 e. The van der Waals surface area contributed by atoms with Crippen LogP contribution < -0.4 is 56.3 Å². The Morgan fingerprint density at radius 3 is 1.19 bits per heavy atom. The van der Waals surface area contributed by atoms with Crippen molar-refractivity contribution < 1.29 is 72.8 Å². The normalized spacial score (nSPS) is 11.9. The SMILES string of the molecule is COCc1csc(CC[C@H](Cc2ccc(C)nc2)NC(=O)OC(C)(C)C)n1.C[O-].Cc1ccc(C[C@@H](CCC(N)=S)NC(=O)OC(C)(C)C)cn1.Cc1ccc(C[C@@H](CCc2nc(CCl)cs2)NC(=O)OC(C)(C)C)cn1.O=C(CCl)CCl.[Na+]. The maximum absolute atomic E-state index is 12.2. The maximum Gasteiger partial charge on any atom is 1.00 e. The second kappa shape index (κ2) is 42.7. The molecule has 0 aliphatic heterocycles. The molecule has 5 aromatic heterocycles. The molecular formula is C59H87Cl3N9NaO9S3. The number of alkyl halides is 3. The molecule has 3 amide bonds. The molecule has 5 aromatic rings. The van der Waals surface area contributed by atoms with Gasteiger partial charge in [-0.3, -0.25) is 19.7 Å². The Morgan fingerprint density at radius 2 is 0.929 bits per heavy atom. The second-order valence-electron chi connectivity index (χ2n) is 22.0. The number of rotatable bonds is 23. The monoisotopic (exact) mass is 1290 g/mol. The fourth-order valence-corrected chi connectivity index (χ4v) is 9.20. The Labute approximate surface area is 548 Å². The van der Waals surface area contributed by atoms with Crippen LogP contribution in [0.4, 0.5) is 14.4 Å². The van der Waals surface area contributed by atoms with E-state index >= 15 is 0 Å². The predicted molar refractivity (Wildman–Crippen MR) is 337 cm³/mol. The van der Waals surface area contributed by atoms with E-state index in [2.05, 4.69) is 40.9 Å². The van der Waals surface area contributed by atoms with Gasteiger partial charge in [-0.25, -0.2) is 24.4 Å². The van der Waals surface area contributed by atoms with Gasteiger partial charge in [0.1, 0.15) is 16.8 Å². The minimum Gasteiger partial charge on any atom is -0.857 e. The summed E-state index contributed by atoms with van der Waals surface area (Å²) in [6, 6.07) is 11.8. The number of hydrogen-bond acceptors (Lipinski definition) is 17. The van der Waals surface area contributed by atoms with E-state index < -0.39 is 35.1 Å². The molecule has 0 radical (unpaired) electrons. The van der Waals surface area contributed by atoms with Crippen LogP contribution in [-0.2, 0) is 68.3 Å². The van der Waals surface area contributed by atoms with Gasteiger partial charge in [0.05, 0.1) is 50.6 Å². The fourth-order valence-electron chi connectivity index (χ4n) is 6.96. The molecule has 0 bridgehead atoms. The van der Waals surface area contributed by atoms with E-state index in [0.717, 1.165) is 88.0 Å². The minimum atomic E-state index is -0.525. The summed E-state index contributed by atoms with van der Waals surface area (Å²) in [5.74, 6) is 0.358. The van der Waals surface area contributed by atoms with Crippen LogP contribution in [0.2, 0.25) is 0 Å². The maximum atomic E-state index is 12.2. The van der Waals surface area contributed by atoms with Crippen LogP contribution in [0.25, 0.3) is 0 Å². The summed E-state index contributed by atoms with van der Waals surface area (Å²) in [6.07, 6.45) is 10.7. The Balaban J connectivity index is 0.00000115. The number of carbonyl (C=O) groups excluding carboxylic acids is 4. The smallest absolute Gasteiger partial charge is 0.857 e. The number of nitrogens with two attached hydrogens (primary N) is 1. The first-order valence-electron chi connectivity index (χ1n) is 26.9. The number of alkyl carbamates (subject to hydrolysis) is 3. The van der Waals surface area contributed by atoms with Crippen LogP contribution in [0.1, 0.15) is 143 Å². The first kappa shape index (κ1) is 79.9. The Hall–Kier alpha value is -4.13. The fraction of sp³-hybridized carbons (Fsp3) is 0.559. The van der Waals surface area contributed by atoms with Gasteiger partial charge < -0.3 is 45.7 Å². The number of ketones is 1. The third-order valence-electron chi connectivity index (χ3n) is 10.6. The summed E-state index contributed by atoms with van der Waals surface area (Å²) in [6.45, 7) is 23.0. The van der Waals surface area contributed by atoms with Crippen molar-refractivity contribution in [2.75, 3.05) is 26.0 Å². The third-order valence-corrected chi connectivity index (χ3v) is 13.6. The molecular weight excluding hydrogens is 1200 g/mol. The molecule has 0 unspecified atom stereocenters. The van der Waals surface area contributed by atoms with Gasteiger partial charge in [0.25, 0.3) is 0 Å². The van der Waals surface area contributed by atoms with Crippen LogP contribution in [0.15, 0.2) is 65.7 Å². The number of ether oxygens (including phenoxy) is 4. The molecule has 0 aliphatic carbocycles. The second-order valence-corrected chi connectivity index (χ2v) is 25.2. The summed E-state index contributed by atoms with van der Waals surface area (Å²) < 4.78 is 21.2. The van der Waals surface area contributed by atoms with E-state index in [1.165, 1.54) is 0 Å². The predicted octanol–water partition coefficient (Wildman–Crippen LogP) is 8.62. The van der Waals surface area contributed by atoms with Crippen LogP contribution in [0, 0.1) is 20.8 Å². The number of nitrogens with zero attached hydrogens (tertiary/aromatic N) is 5. The molecule has 0 aliphatic rings. The molecule has 25 heteroatoms. The van der Waals surface area contributed by atoms with Crippen molar-refractivity contribution >= 4 is 98.7 Å². The molecule has 0 aromatic carbocycles. The number of pyridine rings is 3. The molecule has 0 saturated carbocycles. The number of thiocarbonyl (C=S) groups is 1. The standard InChI is InChI=1S/C20H29N3O3S.C19H26ClN3O2S.C16H25N3O2S.C3H4Cl2O.CH3O.Na/c1-14-6-7-15(11-21-14)10-16(23-19(24)26-20(2,3)4)8-9-18-22-17(12-25-5)13-27-18;1-13-5-6-14(11-21-13)9-15(23-18(24)25-19(2,3)4)7-8-17-22-16(10-20)12-26-17;1-11-5-6-12(10-18-11)9-13(7-8-14(17)22)19-15(20)21-16(2,3)4;4-1-3(6)2-5;1-2;/h6-7,11,13,16H,8-10,12H2,1-5H3,(H,23,24);5-6,11-12,15H,7-10H2,1-4H3,(H,23,24);5-6,10,13H,7-9H2,1-4H3,(H2,17,22)(H,19,20);1-2H2;1H3;/q;;;;-1;+1/t16-;15-;13-;;;/m111.../s1. The molecule has 5 rings (SSSR count). The third kappa shape index (κ3) is 40.3. The van der Waals surface area contributed by atoms with Crippen LogP contribution in [0.5, 0.6) is 0 Å². The minimum absolute atomic E-state index is 0. The molecule has 18 nitrogen and oxygen atoms in total. The van der Waals surface area contributed by atoms with Crippen LogP contribution in [-0.4, -0.2) is 115 Å². The quantitative estimate of drug-likeness (QED) is 0.0207. The van der Waals surface area contributed by atoms with Gasteiger partial charge >= 0.3 is 47.8 Å². The van der Waals surface area contributed by atoms with Crippen molar-refractivity contribution in [3.05, 3.63) is 121 Å². The Bertz CT molecular complexity index is 2650. The molecule has 3 atom stereocenters. The number of thiazole rings is 2. The van der Waals surface area contributed by atoms with Crippen molar-refractivity contribution in [2.24, 2.45) is 5.73 Å². The van der Waals surface area contributed by atoms with Gasteiger partial charge in [-0.1, -0.05) is 30.4 Å². The molecule has 84 heavy (non-hydrogen) atoms. The van der Waals surface area contributed by atoms with E-state index in [1.54, 1.807) is 29.8 Å². The molecule has 0 saturated heterocycles. The molecule has 0 fully saturated rings. The van der Waals surface area contributed by atoms with E-state index in [9.17, 15) is 19.2 Å². The summed E-state index contributed by atoms with van der Waals surface area (Å²) in [7, 11) is 2.41. The van der Waals surface area contributed by atoms with Gasteiger partial charge in [0.2, 0.25) is 0 Å². The molecule has 5 N–H and O–H groups in total. The number of methoxy groups -OCH3 is 1. The number of halogens is 3. The van der Waals surface area contributed by atoms with E-state index in [0.29, 0.717) is 49.6 Å². The van der Waals surface area contributed by atoms with Gasteiger partial charge in [-0.15, -0.1) is 57.5 Å². The van der Waals surface area contributed by atoms with E-state index in [1.807, 2.05) is 149 Å². The Kier molecular flexibility index (Phi) is 40.6. The van der Waals surface area contributed by atoms with Crippen LogP contribution in [0.3, 0.4) is 0 Å². The van der Waals surface area contributed by atoms with Gasteiger partial charge in [-0.2, -0.15) is 7.11 Å². The van der Waals surface area contributed by atoms with Crippen molar-refractivity contribution in [3.8, 4) is 0 Å². The van der Waals surface area contributed by atoms with Crippen molar-refractivity contribution in [2.45, 2.75) is 188 Å². The van der Waals surface area contributed by atoms with Gasteiger partial charge in [0, 0.05) is 84.5 Å². The number of hydrogen-bond donors (Lipinski definition) is 4. The van der Waals surface area contributed by atoms with Crippen molar-refractivity contribution in [1.82, 2.24) is 40.9 Å². The summed E-state index contributed by atoms with van der Waals surface area (Å²) in [5.41, 5.74) is 12.0.